The van der Waals surface area contributed by atoms with E-state index in [1.807, 2.05) is 62.4 Å². The van der Waals surface area contributed by atoms with Gasteiger partial charge in [0.15, 0.2) is 0 Å². The summed E-state index contributed by atoms with van der Waals surface area (Å²) in [5, 5.41) is 3.66. The Hall–Kier alpha value is -1.07. The molecule has 1 amide bonds. The van der Waals surface area contributed by atoms with Crippen LogP contribution in [0.5, 0.6) is 0 Å². The zero-order valence-corrected chi connectivity index (χ0v) is 14.9. The molecule has 110 valence electrons. The van der Waals surface area contributed by atoms with Gasteiger partial charge in [0.2, 0.25) is 5.91 Å². The van der Waals surface area contributed by atoms with Gasteiger partial charge in [-0.05, 0) is 31.0 Å². The Morgan fingerprint density at radius 2 is 1.71 bits per heavy atom. The monoisotopic (exact) mass is 413 g/mol. The fraction of sp³-hybridized carbons (Fsp3) is 0.235. The van der Waals surface area contributed by atoms with Crippen LogP contribution in [0.3, 0.4) is 0 Å². The number of carbonyl (C=O) groups is 1. The molecule has 21 heavy (non-hydrogen) atoms. The van der Waals surface area contributed by atoms with Crippen LogP contribution in [-0.4, -0.2) is 11.9 Å². The highest BCUT2D eigenvalue weighted by Crippen LogP contribution is 2.30. The summed E-state index contributed by atoms with van der Waals surface area (Å²) in [7, 11) is 0. The van der Waals surface area contributed by atoms with Gasteiger partial charge < -0.3 is 5.32 Å². The number of hydrogen-bond donors (Lipinski definition) is 1. The van der Waals surface area contributed by atoms with Gasteiger partial charge in [0, 0.05) is 16.6 Å². The van der Waals surface area contributed by atoms with Crippen molar-refractivity contribution in [2.24, 2.45) is 0 Å². The van der Waals surface area contributed by atoms with Crippen molar-refractivity contribution in [1.29, 1.82) is 0 Å². The predicted octanol–water partition coefficient (Wildman–Crippen LogP) is 5.01. The van der Waals surface area contributed by atoms with Crippen LogP contribution in [0, 0.1) is 0 Å². The molecule has 0 aliphatic carbocycles. The maximum Gasteiger partial charge on any atom is 0.237 e. The number of nitrogens with one attached hydrogen (secondary N) is 1. The largest absolute Gasteiger partial charge is 0.353 e. The first kappa shape index (κ1) is 16.3. The van der Waals surface area contributed by atoms with E-state index in [-0.39, 0.29) is 15.9 Å². The normalized spacial score (nSPS) is 12.2. The number of benzene rings is 2. The van der Waals surface area contributed by atoms with Crippen LogP contribution >= 0.6 is 34.2 Å². The van der Waals surface area contributed by atoms with Crippen LogP contribution < -0.4 is 5.32 Å². The standard InChI is InChI=1S/C17H17ClINO/c1-11(2)20-17(21)16(19)13-9-7-12(8-10-13)14-5-3-4-6-15(14)18/h3-11,16H,1-2H3,(H,20,21). The Bertz CT molecular complexity index is 625. The molecule has 0 radical (unpaired) electrons. The summed E-state index contributed by atoms with van der Waals surface area (Å²) in [4.78, 5) is 12.0. The van der Waals surface area contributed by atoms with Gasteiger partial charge in [-0.2, -0.15) is 0 Å². The second kappa shape index (κ2) is 7.27. The molecule has 0 aliphatic heterocycles. The van der Waals surface area contributed by atoms with E-state index < -0.39 is 0 Å². The minimum absolute atomic E-state index is 0.0380. The Kier molecular flexibility index (Phi) is 5.65. The Morgan fingerprint density at radius 1 is 1.10 bits per heavy atom. The average Bonchev–Trinajstić information content (AvgIpc) is 2.46. The van der Waals surface area contributed by atoms with Crippen LogP contribution in [0.15, 0.2) is 48.5 Å². The lowest BCUT2D eigenvalue weighted by Crippen LogP contribution is -2.32. The highest BCUT2D eigenvalue weighted by molar-refractivity contribution is 14.1. The zero-order chi connectivity index (χ0) is 15.4. The molecule has 0 saturated heterocycles. The van der Waals surface area contributed by atoms with Crippen molar-refractivity contribution in [2.45, 2.75) is 23.8 Å². The Morgan fingerprint density at radius 3 is 2.29 bits per heavy atom. The quantitative estimate of drug-likeness (QED) is 0.554. The smallest absolute Gasteiger partial charge is 0.237 e. The third-order valence-electron chi connectivity index (χ3n) is 3.05. The topological polar surface area (TPSA) is 29.1 Å². The highest BCUT2D eigenvalue weighted by atomic mass is 127. The van der Waals surface area contributed by atoms with E-state index in [4.69, 9.17) is 11.6 Å². The SMILES string of the molecule is CC(C)NC(=O)C(I)c1ccc(-c2ccccc2Cl)cc1. The van der Waals surface area contributed by atoms with Crippen molar-refractivity contribution in [3.05, 3.63) is 59.1 Å². The molecule has 2 nitrogen and oxygen atoms in total. The molecule has 2 rings (SSSR count). The lowest BCUT2D eigenvalue weighted by molar-refractivity contribution is -0.120. The van der Waals surface area contributed by atoms with Crippen molar-refractivity contribution >= 4 is 40.1 Å². The van der Waals surface area contributed by atoms with Crippen LogP contribution in [0.1, 0.15) is 23.3 Å². The molecule has 0 heterocycles. The number of alkyl halides is 1. The molecule has 0 spiro atoms. The Labute approximate surface area is 144 Å². The second-order valence-corrected chi connectivity index (χ2v) is 6.78. The van der Waals surface area contributed by atoms with Crippen molar-refractivity contribution in [2.75, 3.05) is 0 Å². The predicted molar refractivity (Wildman–Crippen MR) is 96.9 cm³/mol. The van der Waals surface area contributed by atoms with Crippen LogP contribution in [0.4, 0.5) is 0 Å². The lowest BCUT2D eigenvalue weighted by atomic mass is 10.0. The summed E-state index contributed by atoms with van der Waals surface area (Å²) in [6.07, 6.45) is 0. The summed E-state index contributed by atoms with van der Waals surface area (Å²) < 4.78 is -0.190. The van der Waals surface area contributed by atoms with Crippen LogP contribution in [-0.2, 0) is 4.79 Å². The minimum atomic E-state index is -0.190. The van der Waals surface area contributed by atoms with Gasteiger partial charge in [0.25, 0.3) is 0 Å². The summed E-state index contributed by atoms with van der Waals surface area (Å²) in [6, 6.07) is 15.9. The maximum absolute atomic E-state index is 12.0. The summed E-state index contributed by atoms with van der Waals surface area (Å²) in [6.45, 7) is 3.92. The molecule has 0 saturated carbocycles. The van der Waals surface area contributed by atoms with Gasteiger partial charge in [-0.1, -0.05) is 76.7 Å². The van der Waals surface area contributed by atoms with Gasteiger partial charge in [-0.15, -0.1) is 0 Å². The van der Waals surface area contributed by atoms with Crippen molar-refractivity contribution in [3.63, 3.8) is 0 Å². The van der Waals surface area contributed by atoms with E-state index in [2.05, 4.69) is 27.9 Å². The summed E-state index contributed by atoms with van der Waals surface area (Å²) in [5.41, 5.74) is 3.05. The summed E-state index contributed by atoms with van der Waals surface area (Å²) in [5.74, 6) is 0.0380. The molecule has 1 unspecified atom stereocenters. The molecule has 1 N–H and O–H groups in total. The van der Waals surface area contributed by atoms with Crippen molar-refractivity contribution in [1.82, 2.24) is 5.32 Å². The number of hydrogen-bond acceptors (Lipinski definition) is 1. The second-order valence-electron chi connectivity index (χ2n) is 5.13. The van der Waals surface area contributed by atoms with E-state index in [9.17, 15) is 4.79 Å². The first-order chi connectivity index (χ1) is 9.99. The molecule has 2 aromatic rings. The number of amides is 1. The van der Waals surface area contributed by atoms with Crippen molar-refractivity contribution in [3.8, 4) is 11.1 Å². The van der Waals surface area contributed by atoms with Crippen LogP contribution in [0.25, 0.3) is 11.1 Å². The minimum Gasteiger partial charge on any atom is -0.353 e. The van der Waals surface area contributed by atoms with Gasteiger partial charge >= 0.3 is 0 Å². The lowest BCUT2D eigenvalue weighted by Gasteiger charge is -2.14. The maximum atomic E-state index is 12.0. The first-order valence-electron chi connectivity index (χ1n) is 6.78. The van der Waals surface area contributed by atoms with Gasteiger partial charge in [-0.25, -0.2) is 0 Å². The molecule has 0 aromatic heterocycles. The fourth-order valence-corrected chi connectivity index (χ4v) is 2.88. The molecule has 2 aromatic carbocycles. The molecule has 4 heteroatoms. The summed E-state index contributed by atoms with van der Waals surface area (Å²) >= 11 is 8.37. The average molecular weight is 414 g/mol. The van der Waals surface area contributed by atoms with Crippen LogP contribution in [0.2, 0.25) is 5.02 Å². The van der Waals surface area contributed by atoms with Crippen molar-refractivity contribution < 1.29 is 4.79 Å². The number of halogens is 2. The van der Waals surface area contributed by atoms with Gasteiger partial charge in [0.1, 0.15) is 3.92 Å². The third-order valence-corrected chi connectivity index (χ3v) is 4.66. The zero-order valence-electron chi connectivity index (χ0n) is 11.9. The molecular formula is C17H17ClINO. The molecule has 1 atom stereocenters. The highest BCUT2D eigenvalue weighted by Gasteiger charge is 2.17. The molecule has 0 fully saturated rings. The number of rotatable bonds is 4. The molecule has 0 aliphatic rings. The first-order valence-corrected chi connectivity index (χ1v) is 8.40. The van der Waals surface area contributed by atoms with E-state index in [1.54, 1.807) is 0 Å². The Balaban J connectivity index is 2.19. The van der Waals surface area contributed by atoms with E-state index in [1.165, 1.54) is 0 Å². The van der Waals surface area contributed by atoms with Gasteiger partial charge in [0.05, 0.1) is 0 Å². The van der Waals surface area contributed by atoms with E-state index in [0.717, 1.165) is 21.7 Å². The number of carbonyl (C=O) groups excluding carboxylic acids is 1. The van der Waals surface area contributed by atoms with E-state index in [0.29, 0.717) is 0 Å². The fourth-order valence-electron chi connectivity index (χ4n) is 2.04. The van der Waals surface area contributed by atoms with E-state index >= 15 is 0 Å². The third kappa shape index (κ3) is 4.20. The van der Waals surface area contributed by atoms with Gasteiger partial charge in [-0.3, -0.25) is 4.79 Å². The molecule has 0 bridgehead atoms. The molecular weight excluding hydrogens is 397 g/mol.